The van der Waals surface area contributed by atoms with Gasteiger partial charge in [0.05, 0.1) is 5.56 Å². The average Bonchev–Trinajstić information content (AvgIpc) is 2.68. The average molecular weight is 380 g/mol. The fourth-order valence-corrected chi connectivity index (χ4v) is 3.41. The lowest BCUT2D eigenvalue weighted by molar-refractivity contribution is -0.137. The number of phenolic OH excluding ortho intramolecular Hbond substituents is 2. The number of hydrogen-bond acceptors (Lipinski definition) is 2. The van der Waals surface area contributed by atoms with Crippen molar-refractivity contribution >= 4 is 10.8 Å². The largest absolute Gasteiger partial charge is 0.507 e. The van der Waals surface area contributed by atoms with E-state index in [1.165, 1.54) is 24.3 Å². The van der Waals surface area contributed by atoms with Crippen molar-refractivity contribution in [1.82, 2.24) is 0 Å². The Morgan fingerprint density at radius 1 is 0.607 bits per heavy atom. The molecule has 2 N–H and O–H groups in total. The summed E-state index contributed by atoms with van der Waals surface area (Å²) in [5.41, 5.74) is 1.49. The van der Waals surface area contributed by atoms with E-state index in [0.717, 1.165) is 12.1 Å². The number of halogens is 3. The van der Waals surface area contributed by atoms with Crippen molar-refractivity contribution in [2.24, 2.45) is 0 Å². The van der Waals surface area contributed by atoms with Crippen LogP contribution in [0.1, 0.15) is 5.56 Å². The Kier molecular flexibility index (Phi) is 4.23. The number of hydrogen-bond donors (Lipinski definition) is 2. The maximum atomic E-state index is 13.0. The predicted molar refractivity (Wildman–Crippen MR) is 103 cm³/mol. The molecule has 0 aliphatic carbocycles. The monoisotopic (exact) mass is 380 g/mol. The van der Waals surface area contributed by atoms with Crippen LogP contribution >= 0.6 is 0 Å². The molecule has 28 heavy (non-hydrogen) atoms. The molecular formula is C23H15F3O2. The molecule has 0 unspecified atom stereocenters. The molecule has 0 saturated carbocycles. The predicted octanol–water partition coefficient (Wildman–Crippen LogP) is 6.60. The highest BCUT2D eigenvalue weighted by Crippen LogP contribution is 2.44. The van der Waals surface area contributed by atoms with Gasteiger partial charge in [-0.15, -0.1) is 0 Å². The van der Waals surface area contributed by atoms with Gasteiger partial charge in [-0.1, -0.05) is 54.6 Å². The van der Waals surface area contributed by atoms with Gasteiger partial charge in [-0.25, -0.2) is 0 Å². The Labute approximate surface area is 159 Å². The van der Waals surface area contributed by atoms with Gasteiger partial charge in [-0.05, 0) is 46.3 Å². The molecule has 0 bridgehead atoms. The number of fused-ring (bicyclic) bond motifs is 1. The Morgan fingerprint density at radius 3 is 1.86 bits per heavy atom. The lowest BCUT2D eigenvalue weighted by Crippen LogP contribution is -2.04. The van der Waals surface area contributed by atoms with Crippen molar-refractivity contribution < 1.29 is 23.4 Å². The molecule has 4 aromatic carbocycles. The molecule has 4 rings (SSSR count). The zero-order chi connectivity index (χ0) is 19.9. The summed E-state index contributed by atoms with van der Waals surface area (Å²) >= 11 is 0. The van der Waals surface area contributed by atoms with E-state index < -0.39 is 11.7 Å². The first-order valence-electron chi connectivity index (χ1n) is 8.57. The van der Waals surface area contributed by atoms with Gasteiger partial charge in [-0.2, -0.15) is 13.2 Å². The smallest absolute Gasteiger partial charge is 0.416 e. The Morgan fingerprint density at radius 2 is 1.21 bits per heavy atom. The van der Waals surface area contributed by atoms with Crippen molar-refractivity contribution in [1.29, 1.82) is 0 Å². The topological polar surface area (TPSA) is 40.5 Å². The van der Waals surface area contributed by atoms with Crippen molar-refractivity contribution in [3.63, 3.8) is 0 Å². The number of phenols is 2. The quantitative estimate of drug-likeness (QED) is 0.411. The molecule has 0 aliphatic rings. The second-order valence-corrected chi connectivity index (χ2v) is 6.46. The van der Waals surface area contributed by atoms with Crippen LogP contribution in [0.15, 0.2) is 78.9 Å². The van der Waals surface area contributed by atoms with Gasteiger partial charge in [0.2, 0.25) is 0 Å². The van der Waals surface area contributed by atoms with E-state index in [4.69, 9.17) is 0 Å². The van der Waals surface area contributed by atoms with Gasteiger partial charge in [0.15, 0.2) is 0 Å². The number of alkyl halides is 3. The molecular weight excluding hydrogens is 365 g/mol. The molecule has 0 amide bonds. The number of rotatable bonds is 2. The van der Waals surface area contributed by atoms with E-state index in [0.29, 0.717) is 33.0 Å². The number of para-hydroxylation sites is 1. The summed E-state index contributed by atoms with van der Waals surface area (Å²) in [6.07, 6.45) is -4.42. The number of benzene rings is 4. The molecule has 0 radical (unpaired) electrons. The molecule has 0 aromatic heterocycles. The summed E-state index contributed by atoms with van der Waals surface area (Å²) in [4.78, 5) is 0. The normalized spacial score (nSPS) is 11.7. The zero-order valence-corrected chi connectivity index (χ0v) is 14.5. The van der Waals surface area contributed by atoms with E-state index in [-0.39, 0.29) is 11.5 Å². The van der Waals surface area contributed by atoms with Gasteiger partial charge in [-0.3, -0.25) is 0 Å². The van der Waals surface area contributed by atoms with Crippen molar-refractivity contribution in [3.8, 4) is 33.8 Å². The lowest BCUT2D eigenvalue weighted by atomic mass is 9.88. The molecule has 0 heterocycles. The SMILES string of the molecule is Oc1ccccc1-c1cc(O)c2ccccc2c1-c1ccc(C(F)(F)F)cc1. The Bertz CT molecular complexity index is 1160. The minimum Gasteiger partial charge on any atom is -0.507 e. The van der Waals surface area contributed by atoms with Gasteiger partial charge in [0, 0.05) is 10.9 Å². The second kappa shape index (κ2) is 6.60. The first-order chi connectivity index (χ1) is 13.4. The minimum absolute atomic E-state index is 0.0188. The van der Waals surface area contributed by atoms with Crippen LogP contribution in [0, 0.1) is 0 Å². The van der Waals surface area contributed by atoms with Gasteiger partial charge in [0.25, 0.3) is 0 Å². The third kappa shape index (κ3) is 3.05. The van der Waals surface area contributed by atoms with Crippen molar-refractivity contribution in [2.45, 2.75) is 6.18 Å². The molecule has 5 heteroatoms. The molecule has 0 saturated heterocycles. The molecule has 0 fully saturated rings. The van der Waals surface area contributed by atoms with Crippen LogP contribution in [0.25, 0.3) is 33.0 Å². The van der Waals surface area contributed by atoms with Crippen LogP contribution in [0.5, 0.6) is 11.5 Å². The third-order valence-corrected chi connectivity index (χ3v) is 4.72. The first kappa shape index (κ1) is 17.9. The maximum absolute atomic E-state index is 13.0. The highest BCUT2D eigenvalue weighted by Gasteiger charge is 2.30. The van der Waals surface area contributed by atoms with E-state index in [1.54, 1.807) is 42.5 Å². The molecule has 0 spiro atoms. The van der Waals surface area contributed by atoms with Crippen LogP contribution in [0.2, 0.25) is 0 Å². The summed E-state index contributed by atoms with van der Waals surface area (Å²) in [6, 6.07) is 20.2. The highest BCUT2D eigenvalue weighted by atomic mass is 19.4. The molecule has 140 valence electrons. The summed E-state index contributed by atoms with van der Waals surface area (Å²) in [7, 11) is 0. The summed E-state index contributed by atoms with van der Waals surface area (Å²) in [5.74, 6) is 0.0508. The van der Waals surface area contributed by atoms with E-state index in [1.807, 2.05) is 0 Å². The zero-order valence-electron chi connectivity index (χ0n) is 14.5. The summed E-state index contributed by atoms with van der Waals surface area (Å²) in [5, 5.41) is 22.1. The van der Waals surface area contributed by atoms with E-state index in [9.17, 15) is 23.4 Å². The lowest BCUT2D eigenvalue weighted by Gasteiger charge is -2.17. The summed E-state index contributed by atoms with van der Waals surface area (Å²) < 4.78 is 38.9. The Hall–Kier alpha value is -3.47. The first-order valence-corrected chi connectivity index (χ1v) is 8.57. The Balaban J connectivity index is 2.05. The summed E-state index contributed by atoms with van der Waals surface area (Å²) in [6.45, 7) is 0. The second-order valence-electron chi connectivity index (χ2n) is 6.46. The van der Waals surface area contributed by atoms with E-state index in [2.05, 4.69) is 0 Å². The van der Waals surface area contributed by atoms with Crippen LogP contribution in [-0.4, -0.2) is 10.2 Å². The molecule has 0 atom stereocenters. The van der Waals surface area contributed by atoms with Gasteiger partial charge < -0.3 is 10.2 Å². The third-order valence-electron chi connectivity index (χ3n) is 4.72. The van der Waals surface area contributed by atoms with Crippen molar-refractivity contribution in [2.75, 3.05) is 0 Å². The number of aromatic hydroxyl groups is 2. The fraction of sp³-hybridized carbons (Fsp3) is 0.0435. The van der Waals surface area contributed by atoms with Crippen molar-refractivity contribution in [3.05, 3.63) is 84.4 Å². The minimum atomic E-state index is -4.42. The highest BCUT2D eigenvalue weighted by molar-refractivity contribution is 6.07. The molecule has 2 nitrogen and oxygen atoms in total. The van der Waals surface area contributed by atoms with Gasteiger partial charge >= 0.3 is 6.18 Å². The fourth-order valence-electron chi connectivity index (χ4n) is 3.41. The molecule has 4 aromatic rings. The van der Waals surface area contributed by atoms with Crippen LogP contribution in [0.4, 0.5) is 13.2 Å². The van der Waals surface area contributed by atoms with Crippen LogP contribution < -0.4 is 0 Å². The molecule has 0 aliphatic heterocycles. The van der Waals surface area contributed by atoms with E-state index >= 15 is 0 Å². The van der Waals surface area contributed by atoms with Crippen LogP contribution in [0.3, 0.4) is 0 Å². The maximum Gasteiger partial charge on any atom is 0.416 e. The standard InChI is InChI=1S/C23H15F3O2/c24-23(25,26)15-11-9-14(10-12-15)22-18-7-2-1-5-16(18)21(28)13-19(22)17-6-3-4-8-20(17)27/h1-13,27-28H. The van der Waals surface area contributed by atoms with Crippen LogP contribution in [-0.2, 0) is 6.18 Å². The van der Waals surface area contributed by atoms with Gasteiger partial charge in [0.1, 0.15) is 11.5 Å².